The van der Waals surface area contributed by atoms with Crippen LogP contribution in [0.3, 0.4) is 0 Å². The molecule has 0 radical (unpaired) electrons. The minimum Gasteiger partial charge on any atom is -0.481 e. The van der Waals surface area contributed by atoms with E-state index in [4.69, 9.17) is 0 Å². The second kappa shape index (κ2) is 7.73. The number of carbonyl (C=O) groups is 2. The largest absolute Gasteiger partial charge is 0.481 e. The highest BCUT2D eigenvalue weighted by Crippen LogP contribution is 2.25. The molecule has 0 amide bonds. The van der Waals surface area contributed by atoms with E-state index in [2.05, 4.69) is 18.7 Å². The number of Topliss-reactive ketones (excluding diaryl/α,β-unsaturated/α-hetero) is 1. The number of hydrogen-bond acceptors (Lipinski definition) is 3. The van der Waals surface area contributed by atoms with Crippen LogP contribution in [0.5, 0.6) is 0 Å². The molecule has 0 spiro atoms. The molecule has 0 aliphatic carbocycles. The molecule has 0 saturated carbocycles. The molecule has 1 saturated heterocycles. The summed E-state index contributed by atoms with van der Waals surface area (Å²) < 4.78 is 0. The van der Waals surface area contributed by atoms with E-state index in [-0.39, 0.29) is 12.2 Å². The summed E-state index contributed by atoms with van der Waals surface area (Å²) in [6, 6.07) is 8.21. The Balaban J connectivity index is 2.17. The van der Waals surface area contributed by atoms with E-state index in [9.17, 15) is 14.7 Å². The van der Waals surface area contributed by atoms with Gasteiger partial charge < -0.3 is 5.11 Å². The molecule has 1 aliphatic heterocycles. The highest BCUT2D eigenvalue weighted by molar-refractivity contribution is 5.99. The molecule has 4 nitrogen and oxygen atoms in total. The van der Waals surface area contributed by atoms with Crippen molar-refractivity contribution < 1.29 is 14.7 Å². The lowest BCUT2D eigenvalue weighted by molar-refractivity contribution is -0.138. The Kier molecular flexibility index (Phi) is 5.94. The van der Waals surface area contributed by atoms with Crippen LogP contribution in [-0.4, -0.2) is 40.4 Å². The SMILES string of the molecule is Cc1ccc(C(=O)C(CC(=O)O)CN2C(C)CCCC2C)cc1. The minimum atomic E-state index is -0.909. The topological polar surface area (TPSA) is 57.6 Å². The fourth-order valence-electron chi connectivity index (χ4n) is 3.49. The third kappa shape index (κ3) is 4.64. The Labute approximate surface area is 138 Å². The van der Waals surface area contributed by atoms with Gasteiger partial charge in [-0.1, -0.05) is 36.2 Å². The van der Waals surface area contributed by atoms with E-state index >= 15 is 0 Å². The minimum absolute atomic E-state index is 0.0580. The van der Waals surface area contributed by atoms with Gasteiger partial charge in [0.25, 0.3) is 0 Å². The fraction of sp³-hybridized carbons (Fsp3) is 0.579. The van der Waals surface area contributed by atoms with E-state index in [1.54, 1.807) is 12.1 Å². The third-order valence-corrected chi connectivity index (χ3v) is 4.94. The van der Waals surface area contributed by atoms with E-state index in [1.807, 2.05) is 19.1 Å². The molecule has 126 valence electrons. The summed E-state index contributed by atoms with van der Waals surface area (Å²) in [6.45, 7) is 6.84. The van der Waals surface area contributed by atoms with Gasteiger partial charge in [-0.2, -0.15) is 0 Å². The van der Waals surface area contributed by atoms with Crippen LogP contribution in [0.2, 0.25) is 0 Å². The predicted octanol–water partition coefficient (Wildman–Crippen LogP) is 3.53. The Morgan fingerprint density at radius 3 is 2.26 bits per heavy atom. The standard InChI is InChI=1S/C19H27NO3/c1-13-7-9-16(10-8-13)19(23)17(11-18(21)22)12-20-14(2)5-4-6-15(20)3/h7-10,14-15,17H,4-6,11-12H2,1-3H3,(H,21,22). The number of benzene rings is 1. The second-order valence-electron chi connectivity index (χ2n) is 6.85. The number of carbonyl (C=O) groups excluding carboxylic acids is 1. The van der Waals surface area contributed by atoms with E-state index in [1.165, 1.54) is 6.42 Å². The van der Waals surface area contributed by atoms with Gasteiger partial charge in [-0.15, -0.1) is 0 Å². The van der Waals surface area contributed by atoms with E-state index in [0.717, 1.165) is 18.4 Å². The number of likely N-dealkylation sites (tertiary alicyclic amines) is 1. The van der Waals surface area contributed by atoms with Crippen molar-refractivity contribution in [2.75, 3.05) is 6.54 Å². The molecule has 3 atom stereocenters. The molecule has 1 aromatic rings. The lowest BCUT2D eigenvalue weighted by atomic mass is 9.90. The highest BCUT2D eigenvalue weighted by atomic mass is 16.4. The number of piperidine rings is 1. The molecule has 2 rings (SSSR count). The Morgan fingerprint density at radius 1 is 1.17 bits per heavy atom. The van der Waals surface area contributed by atoms with Crippen LogP contribution in [0.4, 0.5) is 0 Å². The zero-order chi connectivity index (χ0) is 17.0. The van der Waals surface area contributed by atoms with Gasteiger partial charge >= 0.3 is 5.97 Å². The van der Waals surface area contributed by atoms with Crippen molar-refractivity contribution in [3.8, 4) is 0 Å². The summed E-state index contributed by atoms with van der Waals surface area (Å²) in [6.07, 6.45) is 3.32. The molecular weight excluding hydrogens is 290 g/mol. The predicted molar refractivity (Wildman–Crippen MR) is 90.7 cm³/mol. The smallest absolute Gasteiger partial charge is 0.304 e. The molecule has 23 heavy (non-hydrogen) atoms. The van der Waals surface area contributed by atoms with Gasteiger partial charge in [0.15, 0.2) is 5.78 Å². The van der Waals surface area contributed by atoms with Crippen LogP contribution < -0.4 is 0 Å². The molecule has 1 aliphatic rings. The molecule has 1 aromatic carbocycles. The Bertz CT molecular complexity index is 542. The van der Waals surface area contributed by atoms with Gasteiger partial charge in [0.1, 0.15) is 0 Å². The number of ketones is 1. The van der Waals surface area contributed by atoms with Crippen molar-refractivity contribution in [1.82, 2.24) is 4.90 Å². The Morgan fingerprint density at radius 2 is 1.74 bits per heavy atom. The molecule has 1 N–H and O–H groups in total. The number of aryl methyl sites for hydroxylation is 1. The quantitative estimate of drug-likeness (QED) is 0.815. The van der Waals surface area contributed by atoms with Crippen molar-refractivity contribution in [1.29, 1.82) is 0 Å². The van der Waals surface area contributed by atoms with Crippen LogP contribution in [0.1, 0.15) is 55.5 Å². The second-order valence-corrected chi connectivity index (χ2v) is 6.85. The first-order valence-corrected chi connectivity index (χ1v) is 8.47. The number of rotatable bonds is 6. The van der Waals surface area contributed by atoms with Crippen molar-refractivity contribution in [3.05, 3.63) is 35.4 Å². The Hall–Kier alpha value is -1.68. The van der Waals surface area contributed by atoms with Crippen LogP contribution in [0.15, 0.2) is 24.3 Å². The summed E-state index contributed by atoms with van der Waals surface area (Å²) in [5, 5.41) is 9.21. The van der Waals surface area contributed by atoms with Crippen molar-refractivity contribution in [2.24, 2.45) is 5.92 Å². The maximum Gasteiger partial charge on any atom is 0.304 e. The number of carboxylic acid groups (broad SMARTS) is 1. The van der Waals surface area contributed by atoms with Gasteiger partial charge in [-0.05, 0) is 33.6 Å². The molecule has 1 fully saturated rings. The van der Waals surface area contributed by atoms with Crippen molar-refractivity contribution in [2.45, 2.75) is 58.5 Å². The fourth-order valence-corrected chi connectivity index (χ4v) is 3.49. The summed E-state index contributed by atoms with van der Waals surface area (Å²) in [5.41, 5.74) is 1.70. The lowest BCUT2D eigenvalue weighted by Gasteiger charge is -2.40. The first kappa shape index (κ1) is 17.7. The van der Waals surface area contributed by atoms with E-state index in [0.29, 0.717) is 24.2 Å². The summed E-state index contributed by atoms with van der Waals surface area (Å²) in [4.78, 5) is 26.3. The van der Waals surface area contributed by atoms with Gasteiger partial charge in [-0.3, -0.25) is 14.5 Å². The molecule has 4 heteroatoms. The van der Waals surface area contributed by atoms with Crippen molar-refractivity contribution >= 4 is 11.8 Å². The van der Waals surface area contributed by atoms with Gasteiger partial charge in [0.05, 0.1) is 6.42 Å². The first-order chi connectivity index (χ1) is 10.9. The molecule has 3 unspecified atom stereocenters. The molecule has 0 aromatic heterocycles. The zero-order valence-corrected chi connectivity index (χ0v) is 14.3. The monoisotopic (exact) mass is 317 g/mol. The maximum atomic E-state index is 12.8. The van der Waals surface area contributed by atoms with Crippen molar-refractivity contribution in [3.63, 3.8) is 0 Å². The lowest BCUT2D eigenvalue weighted by Crippen LogP contribution is -2.47. The van der Waals surface area contributed by atoms with E-state index < -0.39 is 11.9 Å². The maximum absolute atomic E-state index is 12.8. The summed E-state index contributed by atoms with van der Waals surface area (Å²) >= 11 is 0. The zero-order valence-electron chi connectivity index (χ0n) is 14.3. The van der Waals surface area contributed by atoms with Crippen LogP contribution in [0, 0.1) is 12.8 Å². The van der Waals surface area contributed by atoms with Gasteiger partial charge in [0, 0.05) is 30.1 Å². The first-order valence-electron chi connectivity index (χ1n) is 8.47. The van der Waals surface area contributed by atoms with Crippen LogP contribution >= 0.6 is 0 Å². The van der Waals surface area contributed by atoms with Gasteiger partial charge in [-0.25, -0.2) is 0 Å². The number of carboxylic acids is 1. The number of nitrogens with zero attached hydrogens (tertiary/aromatic N) is 1. The molecule has 1 heterocycles. The van der Waals surface area contributed by atoms with Crippen LogP contribution in [-0.2, 0) is 4.79 Å². The number of hydrogen-bond donors (Lipinski definition) is 1. The summed E-state index contributed by atoms with van der Waals surface area (Å²) in [5.74, 6) is -1.46. The van der Waals surface area contributed by atoms with Crippen LogP contribution in [0.25, 0.3) is 0 Å². The normalized spacial score (nSPS) is 23.4. The molecular formula is C19H27NO3. The molecule has 0 bridgehead atoms. The number of aliphatic carboxylic acids is 1. The average Bonchev–Trinajstić information content (AvgIpc) is 2.49. The van der Waals surface area contributed by atoms with Gasteiger partial charge in [0.2, 0.25) is 0 Å². The summed E-state index contributed by atoms with van der Waals surface area (Å²) in [7, 11) is 0. The average molecular weight is 317 g/mol. The highest BCUT2D eigenvalue weighted by Gasteiger charge is 2.31. The third-order valence-electron chi connectivity index (χ3n) is 4.94.